The van der Waals surface area contributed by atoms with E-state index in [0.29, 0.717) is 0 Å². The predicted octanol–water partition coefficient (Wildman–Crippen LogP) is 2.08. The third kappa shape index (κ3) is 2.85. The number of pyridine rings is 1. The van der Waals surface area contributed by atoms with Crippen LogP contribution in [-0.2, 0) is 0 Å². The van der Waals surface area contributed by atoms with Crippen LogP contribution in [0.2, 0.25) is 0 Å². The highest BCUT2D eigenvalue weighted by atomic mass is 16.3. The van der Waals surface area contributed by atoms with Gasteiger partial charge in [0.25, 0.3) is 0 Å². The highest BCUT2D eigenvalue weighted by Crippen LogP contribution is 2.26. The first kappa shape index (κ1) is 12.8. The quantitative estimate of drug-likeness (QED) is 0.731. The Balaban J connectivity index is 2.88. The van der Waals surface area contributed by atoms with Gasteiger partial charge in [0.2, 0.25) is 0 Å². The molecule has 1 rings (SSSR count). The monoisotopic (exact) mass is 223 g/mol. The molecule has 0 radical (unpaired) electrons. The summed E-state index contributed by atoms with van der Waals surface area (Å²) >= 11 is 0. The van der Waals surface area contributed by atoms with Gasteiger partial charge < -0.3 is 15.7 Å². The lowest BCUT2D eigenvalue weighted by atomic mass is 9.86. The summed E-state index contributed by atoms with van der Waals surface area (Å²) in [7, 11) is 1.85. The van der Waals surface area contributed by atoms with Crippen molar-refractivity contribution >= 4 is 11.4 Å². The van der Waals surface area contributed by atoms with E-state index in [9.17, 15) is 5.11 Å². The zero-order valence-corrected chi connectivity index (χ0v) is 10.6. The van der Waals surface area contributed by atoms with Gasteiger partial charge in [0.05, 0.1) is 34.9 Å². The van der Waals surface area contributed by atoms with Gasteiger partial charge in [-0.3, -0.25) is 4.98 Å². The molecule has 4 heteroatoms. The molecule has 0 spiro atoms. The molecule has 16 heavy (non-hydrogen) atoms. The van der Waals surface area contributed by atoms with Gasteiger partial charge in [-0.1, -0.05) is 0 Å². The molecule has 0 unspecified atom stereocenters. The van der Waals surface area contributed by atoms with Crippen LogP contribution in [0, 0.1) is 0 Å². The number of nitrogens with one attached hydrogen (secondary N) is 2. The summed E-state index contributed by atoms with van der Waals surface area (Å²) < 4.78 is 0. The molecule has 0 aromatic carbocycles. The summed E-state index contributed by atoms with van der Waals surface area (Å²) in [5.74, 6) is 0. The van der Waals surface area contributed by atoms with E-state index in [0.717, 1.165) is 11.4 Å². The molecule has 4 nitrogen and oxygen atoms in total. The van der Waals surface area contributed by atoms with Gasteiger partial charge in [-0.2, -0.15) is 0 Å². The molecular weight excluding hydrogens is 202 g/mol. The van der Waals surface area contributed by atoms with Crippen LogP contribution < -0.4 is 10.6 Å². The normalized spacial score (nSPS) is 12.4. The van der Waals surface area contributed by atoms with Crippen molar-refractivity contribution in [3.63, 3.8) is 0 Å². The Hall–Kier alpha value is -1.29. The molecule has 3 N–H and O–H groups in total. The molecule has 1 aromatic rings. The van der Waals surface area contributed by atoms with E-state index in [4.69, 9.17) is 0 Å². The second-order valence-corrected chi connectivity index (χ2v) is 5.02. The molecule has 0 atom stereocenters. The first-order chi connectivity index (χ1) is 7.26. The fraction of sp³-hybridized carbons (Fsp3) is 0.583. The van der Waals surface area contributed by atoms with E-state index >= 15 is 0 Å². The minimum absolute atomic E-state index is 0.430. The molecule has 0 amide bonds. The maximum absolute atomic E-state index is 10.0. The molecule has 0 bridgehead atoms. The van der Waals surface area contributed by atoms with Crippen LogP contribution in [0.1, 0.15) is 27.7 Å². The number of aliphatic hydroxyl groups is 1. The summed E-state index contributed by atoms with van der Waals surface area (Å²) in [5.41, 5.74) is 0.583. The lowest BCUT2D eigenvalue weighted by Gasteiger charge is -2.38. The van der Waals surface area contributed by atoms with Crippen molar-refractivity contribution in [2.45, 2.75) is 38.8 Å². The van der Waals surface area contributed by atoms with Crippen molar-refractivity contribution < 1.29 is 5.11 Å². The summed E-state index contributed by atoms with van der Waals surface area (Å²) in [5, 5.41) is 16.3. The van der Waals surface area contributed by atoms with Gasteiger partial charge in [-0.25, -0.2) is 0 Å². The zero-order chi connectivity index (χ0) is 12.4. The average molecular weight is 223 g/mol. The number of hydrogen-bond donors (Lipinski definition) is 3. The molecule has 0 fully saturated rings. The fourth-order valence-electron chi connectivity index (χ4n) is 1.16. The topological polar surface area (TPSA) is 57.2 Å². The number of rotatable bonds is 4. The van der Waals surface area contributed by atoms with E-state index in [1.54, 1.807) is 26.2 Å². The summed E-state index contributed by atoms with van der Waals surface area (Å²) in [6.07, 6.45) is 3.50. The molecule has 0 aliphatic heterocycles. The third-order valence-corrected chi connectivity index (χ3v) is 3.01. The summed E-state index contributed by atoms with van der Waals surface area (Å²) in [6, 6.07) is 1.96. The Morgan fingerprint density at radius 3 is 2.19 bits per heavy atom. The average Bonchev–Trinajstić information content (AvgIpc) is 2.15. The van der Waals surface area contributed by atoms with Crippen LogP contribution in [0.15, 0.2) is 18.5 Å². The molecular formula is C12H21N3O. The maximum atomic E-state index is 10.0. The lowest BCUT2D eigenvalue weighted by molar-refractivity contribution is 0.0240. The van der Waals surface area contributed by atoms with E-state index in [1.807, 2.05) is 27.0 Å². The van der Waals surface area contributed by atoms with Crippen LogP contribution >= 0.6 is 0 Å². The minimum Gasteiger partial charge on any atom is -0.388 e. The van der Waals surface area contributed by atoms with E-state index < -0.39 is 11.1 Å². The number of anilines is 2. The van der Waals surface area contributed by atoms with Gasteiger partial charge in [-0.15, -0.1) is 0 Å². The van der Waals surface area contributed by atoms with Gasteiger partial charge in [0, 0.05) is 7.05 Å². The molecule has 0 aliphatic rings. The summed E-state index contributed by atoms with van der Waals surface area (Å²) in [6.45, 7) is 7.49. The Morgan fingerprint density at radius 1 is 1.12 bits per heavy atom. The second kappa shape index (κ2) is 4.29. The predicted molar refractivity (Wildman–Crippen MR) is 67.8 cm³/mol. The number of nitrogens with zero attached hydrogens (tertiary/aromatic N) is 1. The SMILES string of the molecule is CNc1cncc(NC(C)(C)C(C)(C)O)c1. The number of hydrogen-bond acceptors (Lipinski definition) is 4. The van der Waals surface area contributed by atoms with E-state index in [1.165, 1.54) is 0 Å². The standard InChI is InChI=1S/C12H21N3O/c1-11(2,12(3,4)16)15-10-6-9(13-5)7-14-8-10/h6-8,13,15-16H,1-5H3. The molecule has 0 aliphatic carbocycles. The minimum atomic E-state index is -0.817. The Bertz CT molecular complexity index is 356. The maximum Gasteiger partial charge on any atom is 0.0814 e. The van der Waals surface area contributed by atoms with Gasteiger partial charge in [-0.05, 0) is 33.8 Å². The van der Waals surface area contributed by atoms with Gasteiger partial charge in [0.1, 0.15) is 0 Å². The summed E-state index contributed by atoms with van der Waals surface area (Å²) in [4.78, 5) is 4.12. The van der Waals surface area contributed by atoms with Crippen molar-refractivity contribution in [3.05, 3.63) is 18.5 Å². The second-order valence-electron chi connectivity index (χ2n) is 5.02. The molecule has 1 aromatic heterocycles. The van der Waals surface area contributed by atoms with E-state index in [-0.39, 0.29) is 0 Å². The largest absolute Gasteiger partial charge is 0.388 e. The van der Waals surface area contributed by atoms with E-state index in [2.05, 4.69) is 15.6 Å². The van der Waals surface area contributed by atoms with Crippen LogP contribution in [0.5, 0.6) is 0 Å². The van der Waals surface area contributed by atoms with Crippen molar-refractivity contribution in [2.24, 2.45) is 0 Å². The molecule has 1 heterocycles. The van der Waals surface area contributed by atoms with Gasteiger partial charge >= 0.3 is 0 Å². The first-order valence-electron chi connectivity index (χ1n) is 5.39. The highest BCUT2D eigenvalue weighted by molar-refractivity contribution is 5.55. The van der Waals surface area contributed by atoms with Crippen molar-refractivity contribution in [2.75, 3.05) is 17.7 Å². The fourth-order valence-corrected chi connectivity index (χ4v) is 1.16. The lowest BCUT2D eigenvalue weighted by Crippen LogP contribution is -2.51. The van der Waals surface area contributed by atoms with Crippen LogP contribution in [0.3, 0.4) is 0 Å². The van der Waals surface area contributed by atoms with Crippen LogP contribution in [0.25, 0.3) is 0 Å². The Kier molecular flexibility index (Phi) is 3.43. The van der Waals surface area contributed by atoms with Crippen molar-refractivity contribution in [3.8, 4) is 0 Å². The molecule has 0 saturated heterocycles. The van der Waals surface area contributed by atoms with Crippen LogP contribution in [-0.4, -0.2) is 28.3 Å². The highest BCUT2D eigenvalue weighted by Gasteiger charge is 2.34. The van der Waals surface area contributed by atoms with Crippen LogP contribution in [0.4, 0.5) is 11.4 Å². The molecule has 90 valence electrons. The van der Waals surface area contributed by atoms with Crippen molar-refractivity contribution in [1.82, 2.24) is 4.98 Å². The number of aromatic nitrogens is 1. The smallest absolute Gasteiger partial charge is 0.0814 e. The zero-order valence-electron chi connectivity index (χ0n) is 10.6. The van der Waals surface area contributed by atoms with Gasteiger partial charge in [0.15, 0.2) is 0 Å². The Labute approximate surface area is 97.1 Å². The molecule has 0 saturated carbocycles. The third-order valence-electron chi connectivity index (χ3n) is 3.01. The van der Waals surface area contributed by atoms with Crippen molar-refractivity contribution in [1.29, 1.82) is 0 Å². The first-order valence-corrected chi connectivity index (χ1v) is 5.39. The Morgan fingerprint density at radius 2 is 1.69 bits per heavy atom.